The summed E-state index contributed by atoms with van der Waals surface area (Å²) in [5.41, 5.74) is 9.92. The predicted molar refractivity (Wildman–Crippen MR) is 102 cm³/mol. The van der Waals surface area contributed by atoms with E-state index in [1.54, 1.807) is 4.90 Å². The van der Waals surface area contributed by atoms with E-state index in [0.29, 0.717) is 0 Å². The summed E-state index contributed by atoms with van der Waals surface area (Å²) in [4.78, 5) is 1.79. The van der Waals surface area contributed by atoms with E-state index in [1.165, 1.54) is 7.14 Å². The van der Waals surface area contributed by atoms with Gasteiger partial charge in [0.2, 0.25) is 0 Å². The summed E-state index contributed by atoms with van der Waals surface area (Å²) in [5, 5.41) is 7.93. The Balaban J connectivity index is 2.59. The van der Waals surface area contributed by atoms with Crippen LogP contribution >= 0.6 is 45.2 Å². The fourth-order valence-corrected chi connectivity index (χ4v) is 3.42. The van der Waals surface area contributed by atoms with Crippen LogP contribution in [0.15, 0.2) is 36.4 Å². The van der Waals surface area contributed by atoms with Crippen molar-refractivity contribution < 1.29 is 0 Å². The molecule has 0 aliphatic carbocycles. The number of benzene rings is 2. The lowest BCUT2D eigenvalue weighted by Crippen LogP contribution is -2.33. The predicted octanol–water partition coefficient (Wildman–Crippen LogP) is 4.54. The lowest BCUT2D eigenvalue weighted by Gasteiger charge is -2.26. The molecule has 0 unspecified atom stereocenters. The second-order valence-corrected chi connectivity index (χ2v) is 7.07. The molecule has 20 heavy (non-hydrogen) atoms. The zero-order valence-corrected chi connectivity index (χ0v) is 15.6. The summed E-state index contributed by atoms with van der Waals surface area (Å²) in [5.74, 6) is 0.0265. The number of hydrogen-bond acceptors (Lipinski definition) is 1. The Kier molecular flexibility index (Phi) is 4.90. The number of nitrogens with zero attached hydrogens (tertiary/aromatic N) is 1. The van der Waals surface area contributed by atoms with Crippen molar-refractivity contribution in [3.63, 3.8) is 0 Å². The van der Waals surface area contributed by atoms with Gasteiger partial charge < -0.3 is 5.73 Å². The molecule has 0 bridgehead atoms. The fraction of sp³-hybridized carbons (Fsp3) is 0.133. The summed E-state index contributed by atoms with van der Waals surface area (Å²) in [7, 11) is 0. The van der Waals surface area contributed by atoms with E-state index in [4.69, 9.17) is 11.1 Å². The number of rotatable bonds is 2. The van der Waals surface area contributed by atoms with Crippen LogP contribution < -0.4 is 10.6 Å². The highest BCUT2D eigenvalue weighted by molar-refractivity contribution is 14.1. The van der Waals surface area contributed by atoms with Gasteiger partial charge in [0, 0.05) is 7.14 Å². The van der Waals surface area contributed by atoms with Gasteiger partial charge in [-0.3, -0.25) is 10.3 Å². The average Bonchev–Trinajstić information content (AvgIpc) is 2.34. The van der Waals surface area contributed by atoms with Crippen molar-refractivity contribution in [3.05, 3.63) is 54.7 Å². The van der Waals surface area contributed by atoms with Crippen LogP contribution in [0.25, 0.3) is 0 Å². The van der Waals surface area contributed by atoms with Crippen LogP contribution in [0.2, 0.25) is 0 Å². The van der Waals surface area contributed by atoms with Crippen LogP contribution in [-0.2, 0) is 0 Å². The highest BCUT2D eigenvalue weighted by Gasteiger charge is 2.16. The monoisotopic (exact) mass is 491 g/mol. The number of hydrogen-bond donors (Lipinski definition) is 2. The highest BCUT2D eigenvalue weighted by atomic mass is 127. The van der Waals surface area contributed by atoms with Gasteiger partial charge in [0.25, 0.3) is 0 Å². The van der Waals surface area contributed by atoms with Gasteiger partial charge in [-0.1, -0.05) is 0 Å². The molecule has 2 aromatic carbocycles. The second kappa shape index (κ2) is 6.30. The van der Waals surface area contributed by atoms with Crippen molar-refractivity contribution in [1.82, 2.24) is 0 Å². The summed E-state index contributed by atoms with van der Waals surface area (Å²) < 4.78 is 2.35. The van der Waals surface area contributed by atoms with Crippen LogP contribution in [0.4, 0.5) is 11.4 Å². The van der Waals surface area contributed by atoms with Gasteiger partial charge in [0.1, 0.15) is 0 Å². The first-order valence-corrected chi connectivity index (χ1v) is 8.22. The molecule has 3 nitrogen and oxygen atoms in total. The van der Waals surface area contributed by atoms with E-state index in [2.05, 4.69) is 57.3 Å². The number of halogens is 2. The zero-order valence-electron chi connectivity index (χ0n) is 11.2. The van der Waals surface area contributed by atoms with Crippen LogP contribution in [0.1, 0.15) is 11.1 Å². The smallest absolute Gasteiger partial charge is 0.197 e. The van der Waals surface area contributed by atoms with E-state index in [9.17, 15) is 0 Å². The Labute approximate surface area is 146 Å². The Bertz CT molecular complexity index is 617. The first kappa shape index (κ1) is 15.6. The molecule has 0 aliphatic rings. The maximum atomic E-state index is 7.93. The molecule has 0 aliphatic heterocycles. The molecule has 0 saturated heterocycles. The van der Waals surface area contributed by atoms with E-state index in [0.717, 1.165) is 22.5 Å². The van der Waals surface area contributed by atoms with E-state index in [-0.39, 0.29) is 5.96 Å². The van der Waals surface area contributed by atoms with Crippen molar-refractivity contribution in [2.75, 3.05) is 4.90 Å². The van der Waals surface area contributed by atoms with E-state index < -0.39 is 0 Å². The Morgan fingerprint density at radius 1 is 0.950 bits per heavy atom. The fourth-order valence-electron chi connectivity index (χ4n) is 2.13. The molecular formula is C15H15I2N3. The van der Waals surface area contributed by atoms with Crippen LogP contribution in [0, 0.1) is 26.4 Å². The number of nitrogens with one attached hydrogen (secondary N) is 1. The van der Waals surface area contributed by atoms with Gasteiger partial charge in [0.05, 0.1) is 11.4 Å². The van der Waals surface area contributed by atoms with Crippen molar-refractivity contribution >= 4 is 62.5 Å². The standard InChI is InChI=1S/C15H15I2N3/c1-9-7-11(16)3-5-13(9)20(15(18)19)14-6-4-12(17)8-10(14)2/h3-8H,1-2H3,(H3,18,19). The maximum Gasteiger partial charge on any atom is 0.197 e. The van der Waals surface area contributed by atoms with Crippen molar-refractivity contribution in [1.29, 1.82) is 5.41 Å². The minimum atomic E-state index is 0.0265. The van der Waals surface area contributed by atoms with E-state index >= 15 is 0 Å². The first-order valence-electron chi connectivity index (χ1n) is 6.06. The van der Waals surface area contributed by atoms with Gasteiger partial charge in [-0.25, -0.2) is 0 Å². The Morgan fingerprint density at radius 3 is 1.65 bits per heavy atom. The van der Waals surface area contributed by atoms with E-state index in [1.807, 2.05) is 38.1 Å². The number of guanidine groups is 1. The molecule has 3 N–H and O–H groups in total. The quantitative estimate of drug-likeness (QED) is 0.369. The van der Waals surface area contributed by atoms with Crippen LogP contribution in [0.3, 0.4) is 0 Å². The summed E-state index contributed by atoms with van der Waals surface area (Å²) in [6.45, 7) is 4.07. The molecule has 104 valence electrons. The number of anilines is 2. The minimum Gasteiger partial charge on any atom is -0.369 e. The molecular weight excluding hydrogens is 476 g/mol. The normalized spacial score (nSPS) is 10.4. The molecule has 0 spiro atoms. The van der Waals surface area contributed by atoms with Crippen LogP contribution in [0.5, 0.6) is 0 Å². The van der Waals surface area contributed by atoms with Gasteiger partial charge in [-0.05, 0) is 107 Å². The zero-order chi connectivity index (χ0) is 14.9. The van der Waals surface area contributed by atoms with Crippen molar-refractivity contribution in [2.45, 2.75) is 13.8 Å². The maximum absolute atomic E-state index is 7.93. The van der Waals surface area contributed by atoms with Gasteiger partial charge in [-0.15, -0.1) is 0 Å². The van der Waals surface area contributed by atoms with Crippen molar-refractivity contribution in [3.8, 4) is 0 Å². The van der Waals surface area contributed by atoms with Crippen LogP contribution in [-0.4, -0.2) is 5.96 Å². The third-order valence-electron chi connectivity index (χ3n) is 3.04. The van der Waals surface area contributed by atoms with Gasteiger partial charge in [-0.2, -0.15) is 0 Å². The Hall–Kier alpha value is -0.830. The molecule has 0 radical (unpaired) electrons. The molecule has 2 aromatic rings. The summed E-state index contributed by atoms with van der Waals surface area (Å²) in [6, 6.07) is 12.3. The number of nitrogens with two attached hydrogens (primary N) is 1. The first-order chi connectivity index (χ1) is 9.40. The SMILES string of the molecule is Cc1cc(I)ccc1N(C(=N)N)c1ccc(I)cc1C. The molecule has 0 atom stereocenters. The molecule has 0 heterocycles. The molecule has 0 aromatic heterocycles. The molecule has 0 fully saturated rings. The van der Waals surface area contributed by atoms with Gasteiger partial charge >= 0.3 is 0 Å². The van der Waals surface area contributed by atoms with Crippen molar-refractivity contribution in [2.24, 2.45) is 5.73 Å². The average molecular weight is 491 g/mol. The lowest BCUT2D eigenvalue weighted by atomic mass is 10.1. The minimum absolute atomic E-state index is 0.0265. The molecule has 0 amide bonds. The Morgan fingerprint density at radius 2 is 1.35 bits per heavy atom. The summed E-state index contributed by atoms with van der Waals surface area (Å²) in [6.07, 6.45) is 0. The molecule has 5 heteroatoms. The second-order valence-electron chi connectivity index (χ2n) is 4.58. The lowest BCUT2D eigenvalue weighted by molar-refractivity contribution is 1.21. The summed E-state index contributed by atoms with van der Waals surface area (Å²) >= 11 is 4.57. The topological polar surface area (TPSA) is 53.1 Å². The third kappa shape index (κ3) is 3.25. The molecule has 0 saturated carbocycles. The highest BCUT2D eigenvalue weighted by Crippen LogP contribution is 2.32. The molecule has 2 rings (SSSR count). The number of aryl methyl sites for hydroxylation is 2. The third-order valence-corrected chi connectivity index (χ3v) is 4.38. The van der Waals surface area contributed by atoms with Gasteiger partial charge in [0.15, 0.2) is 5.96 Å². The largest absolute Gasteiger partial charge is 0.369 e.